The van der Waals surface area contributed by atoms with Crippen LogP contribution in [-0.4, -0.2) is 12.6 Å². The molecule has 0 atom stereocenters. The Morgan fingerprint density at radius 3 is 2.94 bits per heavy atom. The second-order valence-electron chi connectivity index (χ2n) is 4.86. The summed E-state index contributed by atoms with van der Waals surface area (Å²) in [4.78, 5) is 0. The molecular weight excluding hydrogens is 213 g/mol. The summed E-state index contributed by atoms with van der Waals surface area (Å²) in [5.74, 6) is -0.158. The Morgan fingerprint density at radius 1 is 1.47 bits per heavy atom. The van der Waals surface area contributed by atoms with Gasteiger partial charge < -0.3 is 5.32 Å². The van der Waals surface area contributed by atoms with Gasteiger partial charge in [0.05, 0.1) is 0 Å². The Labute approximate surface area is 103 Å². The van der Waals surface area contributed by atoms with Gasteiger partial charge in [0, 0.05) is 6.04 Å². The second-order valence-corrected chi connectivity index (χ2v) is 4.86. The summed E-state index contributed by atoms with van der Waals surface area (Å²) in [7, 11) is 0. The monoisotopic (exact) mass is 233 g/mol. The van der Waals surface area contributed by atoms with Gasteiger partial charge in [0.2, 0.25) is 0 Å². The third-order valence-corrected chi connectivity index (χ3v) is 3.23. The molecular formula is C15H20FN. The molecule has 0 radical (unpaired) electrons. The minimum absolute atomic E-state index is 0.158. The van der Waals surface area contributed by atoms with Crippen molar-refractivity contribution < 1.29 is 4.39 Å². The van der Waals surface area contributed by atoms with E-state index in [4.69, 9.17) is 0 Å². The van der Waals surface area contributed by atoms with Crippen LogP contribution in [0.2, 0.25) is 0 Å². The first-order valence-corrected chi connectivity index (χ1v) is 6.33. The molecule has 1 aliphatic carbocycles. The normalized spacial score (nSPS) is 16.3. The Hall–Kier alpha value is -1.15. The first-order valence-electron chi connectivity index (χ1n) is 6.33. The summed E-state index contributed by atoms with van der Waals surface area (Å²) in [5.41, 5.74) is 3.33. The molecule has 1 saturated carbocycles. The predicted octanol–water partition coefficient (Wildman–Crippen LogP) is 3.68. The standard InChI is InChI=1S/C15H20FN/c1-11(4-3-9-17-14-7-8-14)15-10-13(16)6-5-12(15)2/h4-6,10,14,17H,3,7-9H2,1-2H3. The molecule has 0 heterocycles. The topological polar surface area (TPSA) is 12.0 Å². The van der Waals surface area contributed by atoms with E-state index < -0.39 is 0 Å². The Balaban J connectivity index is 1.94. The zero-order valence-corrected chi connectivity index (χ0v) is 10.6. The fourth-order valence-corrected chi connectivity index (χ4v) is 1.99. The fraction of sp³-hybridized carbons (Fsp3) is 0.467. The van der Waals surface area contributed by atoms with E-state index in [1.165, 1.54) is 24.5 Å². The smallest absolute Gasteiger partial charge is 0.123 e. The minimum Gasteiger partial charge on any atom is -0.314 e. The van der Waals surface area contributed by atoms with Crippen molar-refractivity contribution in [1.82, 2.24) is 5.32 Å². The molecule has 1 N–H and O–H groups in total. The molecule has 1 aromatic rings. The minimum atomic E-state index is -0.158. The molecule has 0 amide bonds. The summed E-state index contributed by atoms with van der Waals surface area (Å²) in [6, 6.07) is 5.74. The average Bonchev–Trinajstić information content (AvgIpc) is 3.11. The SMILES string of the molecule is CC(=CCCNC1CC1)c1cc(F)ccc1C. The Kier molecular flexibility index (Phi) is 3.95. The lowest BCUT2D eigenvalue weighted by Gasteiger charge is -2.07. The molecule has 0 aromatic heterocycles. The van der Waals surface area contributed by atoms with Crippen LogP contribution in [0.15, 0.2) is 24.3 Å². The quantitative estimate of drug-likeness (QED) is 0.765. The largest absolute Gasteiger partial charge is 0.314 e. The molecule has 2 heteroatoms. The highest BCUT2D eigenvalue weighted by Crippen LogP contribution is 2.21. The number of aryl methyl sites for hydroxylation is 1. The third kappa shape index (κ3) is 3.67. The number of halogens is 1. The van der Waals surface area contributed by atoms with Gasteiger partial charge in [-0.2, -0.15) is 0 Å². The molecule has 17 heavy (non-hydrogen) atoms. The average molecular weight is 233 g/mol. The van der Waals surface area contributed by atoms with Gasteiger partial charge in [-0.1, -0.05) is 12.1 Å². The van der Waals surface area contributed by atoms with E-state index >= 15 is 0 Å². The molecule has 1 aromatic carbocycles. The molecule has 92 valence electrons. The molecule has 1 nitrogen and oxygen atoms in total. The number of allylic oxidation sites excluding steroid dienone is 1. The first kappa shape index (κ1) is 12.3. The highest BCUT2D eigenvalue weighted by Gasteiger charge is 2.19. The van der Waals surface area contributed by atoms with Crippen LogP contribution in [0.1, 0.15) is 37.3 Å². The lowest BCUT2D eigenvalue weighted by atomic mass is 10.0. The van der Waals surface area contributed by atoms with Gasteiger partial charge in [-0.3, -0.25) is 0 Å². The number of rotatable bonds is 5. The van der Waals surface area contributed by atoms with E-state index in [0.29, 0.717) is 0 Å². The van der Waals surface area contributed by atoms with Crippen molar-refractivity contribution in [3.8, 4) is 0 Å². The van der Waals surface area contributed by atoms with Crippen molar-refractivity contribution in [2.45, 2.75) is 39.2 Å². The molecule has 0 bridgehead atoms. The Bertz CT molecular complexity index is 419. The van der Waals surface area contributed by atoms with Crippen molar-refractivity contribution in [2.24, 2.45) is 0 Å². The maximum atomic E-state index is 13.2. The van der Waals surface area contributed by atoms with E-state index in [9.17, 15) is 4.39 Å². The van der Waals surface area contributed by atoms with Gasteiger partial charge in [0.15, 0.2) is 0 Å². The van der Waals surface area contributed by atoms with Crippen molar-refractivity contribution in [1.29, 1.82) is 0 Å². The van der Waals surface area contributed by atoms with Crippen LogP contribution in [0.3, 0.4) is 0 Å². The van der Waals surface area contributed by atoms with Gasteiger partial charge in [-0.25, -0.2) is 4.39 Å². The van der Waals surface area contributed by atoms with E-state index in [1.807, 2.05) is 13.0 Å². The lowest BCUT2D eigenvalue weighted by molar-refractivity contribution is 0.627. The molecule has 0 saturated heterocycles. The van der Waals surface area contributed by atoms with Gasteiger partial charge in [-0.05, 0) is 68.5 Å². The molecule has 0 aliphatic heterocycles. The third-order valence-electron chi connectivity index (χ3n) is 3.23. The van der Waals surface area contributed by atoms with Gasteiger partial charge in [-0.15, -0.1) is 0 Å². The predicted molar refractivity (Wildman–Crippen MR) is 70.4 cm³/mol. The maximum Gasteiger partial charge on any atom is 0.123 e. The highest BCUT2D eigenvalue weighted by atomic mass is 19.1. The lowest BCUT2D eigenvalue weighted by Crippen LogP contribution is -2.16. The molecule has 1 fully saturated rings. The van der Waals surface area contributed by atoms with Crippen molar-refractivity contribution in [2.75, 3.05) is 6.54 Å². The first-order chi connectivity index (χ1) is 8.16. The molecule has 2 rings (SSSR count). The van der Waals surface area contributed by atoms with E-state index in [0.717, 1.165) is 30.1 Å². The summed E-state index contributed by atoms with van der Waals surface area (Å²) in [6.45, 7) is 5.10. The second kappa shape index (κ2) is 5.46. The van der Waals surface area contributed by atoms with E-state index in [2.05, 4.69) is 18.3 Å². The van der Waals surface area contributed by atoms with Crippen molar-refractivity contribution >= 4 is 5.57 Å². The Morgan fingerprint density at radius 2 is 2.24 bits per heavy atom. The van der Waals surface area contributed by atoms with Crippen molar-refractivity contribution in [3.63, 3.8) is 0 Å². The zero-order chi connectivity index (χ0) is 12.3. The number of hydrogen-bond donors (Lipinski definition) is 1. The number of hydrogen-bond acceptors (Lipinski definition) is 1. The van der Waals surface area contributed by atoms with Crippen LogP contribution in [0.4, 0.5) is 4.39 Å². The van der Waals surface area contributed by atoms with Crippen molar-refractivity contribution in [3.05, 3.63) is 41.2 Å². The van der Waals surface area contributed by atoms with Crippen LogP contribution in [0.5, 0.6) is 0 Å². The summed E-state index contributed by atoms with van der Waals surface area (Å²) in [5, 5.41) is 3.47. The van der Waals surface area contributed by atoms with Crippen LogP contribution in [0.25, 0.3) is 5.57 Å². The zero-order valence-electron chi connectivity index (χ0n) is 10.6. The molecule has 0 spiro atoms. The molecule has 0 unspecified atom stereocenters. The maximum absolute atomic E-state index is 13.2. The summed E-state index contributed by atoms with van der Waals surface area (Å²) in [6.07, 6.45) is 5.85. The van der Waals surface area contributed by atoms with Gasteiger partial charge in [0.25, 0.3) is 0 Å². The summed E-state index contributed by atoms with van der Waals surface area (Å²) < 4.78 is 13.2. The van der Waals surface area contributed by atoms with E-state index in [1.54, 1.807) is 6.07 Å². The van der Waals surface area contributed by atoms with Crippen LogP contribution in [-0.2, 0) is 0 Å². The van der Waals surface area contributed by atoms with Crippen LogP contribution < -0.4 is 5.32 Å². The molecule has 1 aliphatic rings. The highest BCUT2D eigenvalue weighted by molar-refractivity contribution is 5.66. The number of nitrogens with one attached hydrogen (secondary N) is 1. The fourth-order valence-electron chi connectivity index (χ4n) is 1.99. The van der Waals surface area contributed by atoms with Crippen LogP contribution in [0, 0.1) is 12.7 Å². The number of benzene rings is 1. The van der Waals surface area contributed by atoms with Gasteiger partial charge >= 0.3 is 0 Å². The summed E-state index contributed by atoms with van der Waals surface area (Å²) >= 11 is 0. The van der Waals surface area contributed by atoms with Crippen LogP contribution >= 0.6 is 0 Å². The van der Waals surface area contributed by atoms with E-state index in [-0.39, 0.29) is 5.82 Å². The van der Waals surface area contributed by atoms with Gasteiger partial charge in [0.1, 0.15) is 5.82 Å².